The molecule has 1 N–H and O–H groups in total. The first kappa shape index (κ1) is 27.2. The van der Waals surface area contributed by atoms with E-state index >= 15 is 0 Å². The number of aliphatic hydroxyl groups is 1. The zero-order valence-corrected chi connectivity index (χ0v) is 22.7. The van der Waals surface area contributed by atoms with Crippen LogP contribution in [0.3, 0.4) is 0 Å². The minimum absolute atomic E-state index is 0.0370. The number of benzene rings is 1. The second-order valence-corrected chi connectivity index (χ2v) is 9.07. The average Bonchev–Trinajstić information content (AvgIpc) is 3.38. The van der Waals surface area contributed by atoms with Crippen molar-refractivity contribution in [3.63, 3.8) is 0 Å². The van der Waals surface area contributed by atoms with Crippen molar-refractivity contribution in [3.8, 4) is 11.5 Å². The van der Waals surface area contributed by atoms with Gasteiger partial charge in [-0.05, 0) is 63.7 Å². The molecule has 0 spiro atoms. The molecule has 202 valence electrons. The summed E-state index contributed by atoms with van der Waals surface area (Å²) in [5, 5.41) is 11.7. The molecule has 38 heavy (non-hydrogen) atoms. The molecule has 1 amide bonds. The van der Waals surface area contributed by atoms with Gasteiger partial charge in [-0.25, -0.2) is 4.98 Å². The van der Waals surface area contributed by atoms with Gasteiger partial charge in [-0.2, -0.15) is 0 Å². The quantitative estimate of drug-likeness (QED) is 0.230. The van der Waals surface area contributed by atoms with Crippen LogP contribution in [-0.4, -0.2) is 75.4 Å². The summed E-state index contributed by atoms with van der Waals surface area (Å²) in [7, 11) is 0. The van der Waals surface area contributed by atoms with Gasteiger partial charge in [-0.15, -0.1) is 0 Å². The summed E-state index contributed by atoms with van der Waals surface area (Å²) in [6, 6.07) is 10.1. The number of ketones is 1. The lowest BCUT2D eigenvalue weighted by Gasteiger charge is -2.28. The Morgan fingerprint density at radius 2 is 1.74 bits per heavy atom. The van der Waals surface area contributed by atoms with Crippen molar-refractivity contribution in [2.24, 2.45) is 0 Å². The highest BCUT2D eigenvalue weighted by molar-refractivity contribution is 6.46. The number of likely N-dealkylation sites (N-methyl/N-ethyl adjacent to an activating group) is 1. The molecule has 9 heteroatoms. The zero-order valence-electron chi connectivity index (χ0n) is 22.7. The first-order valence-electron chi connectivity index (χ1n) is 13.2. The summed E-state index contributed by atoms with van der Waals surface area (Å²) in [6.07, 6.45) is 1.78. The second-order valence-electron chi connectivity index (χ2n) is 9.07. The molecule has 3 aromatic rings. The van der Waals surface area contributed by atoms with Crippen LogP contribution in [0, 0.1) is 6.92 Å². The maximum absolute atomic E-state index is 13.5. The Bertz CT molecular complexity index is 1360. The summed E-state index contributed by atoms with van der Waals surface area (Å²) in [5.74, 6) is -0.504. The molecule has 2 aromatic heterocycles. The van der Waals surface area contributed by atoms with E-state index in [9.17, 15) is 14.7 Å². The van der Waals surface area contributed by atoms with Gasteiger partial charge in [0.05, 0.1) is 30.5 Å². The number of carbonyl (C=O) groups is 2. The molecule has 1 saturated heterocycles. The van der Waals surface area contributed by atoms with Gasteiger partial charge in [-0.3, -0.25) is 14.0 Å². The molecule has 1 aliphatic heterocycles. The minimum atomic E-state index is -0.797. The summed E-state index contributed by atoms with van der Waals surface area (Å²) in [6.45, 7) is 13.1. The van der Waals surface area contributed by atoms with Crippen LogP contribution in [0.2, 0.25) is 0 Å². The van der Waals surface area contributed by atoms with E-state index < -0.39 is 17.7 Å². The van der Waals surface area contributed by atoms with Crippen LogP contribution in [0.25, 0.3) is 11.4 Å². The Hall–Kier alpha value is -3.85. The Morgan fingerprint density at radius 3 is 2.42 bits per heavy atom. The number of aliphatic hydroxyl groups excluding tert-OH is 1. The van der Waals surface area contributed by atoms with Gasteiger partial charge in [-0.1, -0.05) is 26.0 Å². The summed E-state index contributed by atoms with van der Waals surface area (Å²) in [5.41, 5.74) is 2.28. The molecule has 0 radical (unpaired) electrons. The number of hydrogen-bond donors (Lipinski definition) is 1. The number of likely N-dealkylation sites (tertiary alicyclic amines) is 1. The maximum atomic E-state index is 13.5. The molecular weight excluding hydrogens is 484 g/mol. The van der Waals surface area contributed by atoms with Crippen LogP contribution in [0.1, 0.15) is 50.7 Å². The molecule has 0 bridgehead atoms. The monoisotopic (exact) mass is 520 g/mol. The highest BCUT2D eigenvalue weighted by Gasteiger charge is 2.46. The molecule has 1 aliphatic rings. The van der Waals surface area contributed by atoms with Crippen molar-refractivity contribution in [2.75, 3.05) is 39.4 Å². The lowest BCUT2D eigenvalue weighted by Crippen LogP contribution is -2.38. The predicted molar refractivity (Wildman–Crippen MR) is 146 cm³/mol. The topological polar surface area (TPSA) is 96.6 Å². The lowest BCUT2D eigenvalue weighted by molar-refractivity contribution is -0.140. The molecular formula is C29H36N4O5. The predicted octanol–water partition coefficient (Wildman–Crippen LogP) is 4.20. The lowest BCUT2D eigenvalue weighted by atomic mass is 9.96. The van der Waals surface area contributed by atoms with Crippen molar-refractivity contribution < 1.29 is 24.2 Å². The molecule has 0 saturated carbocycles. The summed E-state index contributed by atoms with van der Waals surface area (Å²) < 4.78 is 13.3. The number of aryl methyl sites for hydroxylation is 1. The van der Waals surface area contributed by atoms with Crippen molar-refractivity contribution in [3.05, 3.63) is 65.1 Å². The molecule has 1 atom stereocenters. The fraction of sp³-hybridized carbons (Fsp3) is 0.414. The van der Waals surface area contributed by atoms with Crippen molar-refractivity contribution in [1.82, 2.24) is 19.2 Å². The Kier molecular flexibility index (Phi) is 8.36. The third kappa shape index (κ3) is 4.98. The molecule has 1 unspecified atom stereocenters. The van der Waals surface area contributed by atoms with E-state index in [2.05, 4.69) is 23.7 Å². The van der Waals surface area contributed by atoms with Crippen LogP contribution in [0.5, 0.6) is 11.5 Å². The van der Waals surface area contributed by atoms with Crippen LogP contribution >= 0.6 is 0 Å². The Labute approximate surface area is 223 Å². The number of nitrogens with zero attached hydrogens (tertiary/aromatic N) is 4. The third-order valence-electron chi connectivity index (χ3n) is 6.90. The molecule has 3 heterocycles. The zero-order chi connectivity index (χ0) is 27.4. The largest absolute Gasteiger partial charge is 0.505 e. The first-order chi connectivity index (χ1) is 18.4. The van der Waals surface area contributed by atoms with Crippen molar-refractivity contribution in [1.29, 1.82) is 0 Å². The van der Waals surface area contributed by atoms with E-state index in [4.69, 9.17) is 9.47 Å². The van der Waals surface area contributed by atoms with Gasteiger partial charge in [0, 0.05) is 19.3 Å². The van der Waals surface area contributed by atoms with Crippen molar-refractivity contribution >= 4 is 23.1 Å². The van der Waals surface area contributed by atoms with Crippen LogP contribution < -0.4 is 9.47 Å². The number of fused-ring (bicyclic) bond motifs is 1. The van der Waals surface area contributed by atoms with E-state index in [1.54, 1.807) is 34.6 Å². The SMILES string of the molecule is CCOc1ccc(C2/C(=C(\O)c3c(C)nc4ccccn34)C(=O)C(=O)N2CCN(CC)CC)cc1OCC. The molecule has 9 nitrogen and oxygen atoms in total. The number of carbonyl (C=O) groups excluding carboxylic acids is 2. The number of ether oxygens (including phenoxy) is 2. The van der Waals surface area contributed by atoms with Gasteiger partial charge in [0.1, 0.15) is 11.3 Å². The fourth-order valence-electron chi connectivity index (χ4n) is 5.01. The van der Waals surface area contributed by atoms with E-state index in [1.165, 1.54) is 0 Å². The molecule has 1 aromatic carbocycles. The average molecular weight is 521 g/mol. The van der Waals surface area contributed by atoms with Gasteiger partial charge < -0.3 is 24.4 Å². The Balaban J connectivity index is 1.90. The van der Waals surface area contributed by atoms with Gasteiger partial charge in [0.2, 0.25) is 0 Å². The van der Waals surface area contributed by atoms with Gasteiger partial charge in [0.25, 0.3) is 11.7 Å². The second kappa shape index (κ2) is 11.7. The molecule has 0 aliphatic carbocycles. The number of Topliss-reactive ketones (excluding diaryl/α,β-unsaturated/α-hetero) is 1. The number of imidazole rings is 1. The third-order valence-corrected chi connectivity index (χ3v) is 6.90. The van der Waals surface area contributed by atoms with Gasteiger partial charge >= 0.3 is 0 Å². The highest BCUT2D eigenvalue weighted by atomic mass is 16.5. The minimum Gasteiger partial charge on any atom is -0.505 e. The normalized spacial score (nSPS) is 17.1. The number of pyridine rings is 1. The van der Waals surface area contributed by atoms with E-state index in [0.29, 0.717) is 60.4 Å². The summed E-state index contributed by atoms with van der Waals surface area (Å²) in [4.78, 5) is 35.2. The maximum Gasteiger partial charge on any atom is 0.295 e. The molecule has 1 fully saturated rings. The number of amides is 1. The number of aromatic nitrogens is 2. The molecule has 4 rings (SSSR count). The fourth-order valence-corrected chi connectivity index (χ4v) is 5.01. The van der Waals surface area contributed by atoms with E-state index in [1.807, 2.05) is 38.1 Å². The number of hydrogen-bond acceptors (Lipinski definition) is 7. The van der Waals surface area contributed by atoms with E-state index in [0.717, 1.165) is 13.1 Å². The smallest absolute Gasteiger partial charge is 0.295 e. The van der Waals surface area contributed by atoms with Crippen LogP contribution in [0.4, 0.5) is 0 Å². The first-order valence-corrected chi connectivity index (χ1v) is 13.2. The van der Waals surface area contributed by atoms with Crippen molar-refractivity contribution in [2.45, 2.75) is 40.7 Å². The van der Waals surface area contributed by atoms with Gasteiger partial charge in [0.15, 0.2) is 17.3 Å². The van der Waals surface area contributed by atoms with E-state index in [-0.39, 0.29) is 11.3 Å². The van der Waals surface area contributed by atoms with Crippen LogP contribution in [0.15, 0.2) is 48.2 Å². The van der Waals surface area contributed by atoms with Crippen LogP contribution in [-0.2, 0) is 9.59 Å². The number of rotatable bonds is 11. The Morgan fingerprint density at radius 1 is 1.03 bits per heavy atom. The standard InChI is InChI=1S/C29H36N4O5/c1-6-31(7-2)16-17-33-26(20-13-14-21(37-8-3)22(18-20)38-9-4)24(28(35)29(33)36)27(34)25-19(5)30-23-12-10-11-15-32(23)25/h10-15,18,26,34H,6-9,16-17H2,1-5H3/b27-24+. The highest BCUT2D eigenvalue weighted by Crippen LogP contribution is 2.42. The summed E-state index contributed by atoms with van der Waals surface area (Å²) >= 11 is 0.